The van der Waals surface area contributed by atoms with Crippen molar-refractivity contribution >= 4 is 8.32 Å². The molecule has 30 heavy (non-hydrogen) atoms. The van der Waals surface area contributed by atoms with Gasteiger partial charge in [0.2, 0.25) is 0 Å². The van der Waals surface area contributed by atoms with Crippen LogP contribution in [0, 0.1) is 34.0 Å². The second-order valence-electron chi connectivity index (χ2n) is 13.9. The minimum absolute atomic E-state index is 0.0933. The van der Waals surface area contributed by atoms with E-state index in [2.05, 4.69) is 53.8 Å². The summed E-state index contributed by atoms with van der Waals surface area (Å²) in [5.74, 6) is 2.59. The SMILES string of the molecule is CC(C)(C)[Si](C)(C)O[C@H]1C[C@@]12CC[C@H]1[C@@H]3CC=C4C[C@@H](O)CC[C@]4(C)[C@H]3CC[C@@]12C. The van der Waals surface area contributed by atoms with Gasteiger partial charge in [-0.15, -0.1) is 0 Å². The summed E-state index contributed by atoms with van der Waals surface area (Å²) >= 11 is 0. The highest BCUT2D eigenvalue weighted by Crippen LogP contribution is 2.77. The van der Waals surface area contributed by atoms with Crippen LogP contribution in [0.1, 0.15) is 92.4 Å². The quantitative estimate of drug-likeness (QED) is 0.374. The number of rotatable bonds is 2. The van der Waals surface area contributed by atoms with Crippen molar-refractivity contribution in [1.82, 2.24) is 0 Å². The van der Waals surface area contributed by atoms with Crippen LogP contribution in [0.15, 0.2) is 11.6 Å². The van der Waals surface area contributed by atoms with Crippen molar-refractivity contribution < 1.29 is 9.53 Å². The standard InChI is InChI=1S/C27H46O2Si/c1-24(2,3)30(6,7)29-23-17-27(23)15-12-22-20-9-8-18-16-19(28)10-13-25(18,4)21(20)11-14-26(22,27)5/h8,19-23,28H,9-17H2,1-7H3/t19-,20+,21-,22-,23-,25-,26-,27-/m0/s1. The molecule has 5 rings (SSSR count). The van der Waals surface area contributed by atoms with E-state index in [0.717, 1.165) is 30.6 Å². The second-order valence-corrected chi connectivity index (χ2v) is 18.6. The molecular weight excluding hydrogens is 384 g/mol. The van der Waals surface area contributed by atoms with Gasteiger partial charge in [-0.2, -0.15) is 0 Å². The predicted octanol–water partition coefficient (Wildman–Crippen LogP) is 7.09. The Bertz CT molecular complexity index is 750. The highest BCUT2D eigenvalue weighted by molar-refractivity contribution is 6.74. The van der Waals surface area contributed by atoms with Gasteiger partial charge in [-0.1, -0.05) is 46.3 Å². The molecule has 0 aliphatic heterocycles. The van der Waals surface area contributed by atoms with Crippen LogP contribution in [0.2, 0.25) is 18.1 Å². The summed E-state index contributed by atoms with van der Waals surface area (Å²) in [4.78, 5) is 0. The molecule has 3 heteroatoms. The Hall–Kier alpha value is -0.123. The summed E-state index contributed by atoms with van der Waals surface area (Å²) in [7, 11) is -1.70. The molecule has 170 valence electrons. The van der Waals surface area contributed by atoms with Crippen molar-refractivity contribution in [2.24, 2.45) is 34.0 Å². The molecule has 0 unspecified atom stereocenters. The number of fused-ring (bicyclic) bond motifs is 6. The lowest BCUT2D eigenvalue weighted by molar-refractivity contribution is -0.0604. The van der Waals surface area contributed by atoms with Crippen molar-refractivity contribution in [2.45, 2.75) is 123 Å². The maximum Gasteiger partial charge on any atom is 0.192 e. The summed E-state index contributed by atoms with van der Waals surface area (Å²) in [6.07, 6.45) is 14.4. The molecule has 0 aromatic heterocycles. The minimum atomic E-state index is -1.70. The molecule has 0 bridgehead atoms. The fourth-order valence-corrected chi connectivity index (χ4v) is 10.0. The average Bonchev–Trinajstić information content (AvgIpc) is 3.24. The molecule has 5 aliphatic carbocycles. The lowest BCUT2D eigenvalue weighted by atomic mass is 9.47. The molecule has 0 aromatic carbocycles. The molecule has 1 spiro atoms. The highest BCUT2D eigenvalue weighted by Gasteiger charge is 2.73. The van der Waals surface area contributed by atoms with Gasteiger partial charge in [0.15, 0.2) is 8.32 Å². The van der Waals surface area contributed by atoms with E-state index in [4.69, 9.17) is 4.43 Å². The van der Waals surface area contributed by atoms with E-state index in [0.29, 0.717) is 27.4 Å². The van der Waals surface area contributed by atoms with Gasteiger partial charge in [0, 0.05) is 5.41 Å². The molecule has 0 heterocycles. The van der Waals surface area contributed by atoms with E-state index in [9.17, 15) is 5.11 Å². The van der Waals surface area contributed by atoms with Crippen molar-refractivity contribution in [1.29, 1.82) is 0 Å². The van der Waals surface area contributed by atoms with Gasteiger partial charge in [0.25, 0.3) is 0 Å². The highest BCUT2D eigenvalue weighted by atomic mass is 28.4. The Morgan fingerprint density at radius 3 is 2.43 bits per heavy atom. The van der Waals surface area contributed by atoms with Crippen LogP contribution in [0.25, 0.3) is 0 Å². The molecule has 0 amide bonds. The molecule has 0 radical (unpaired) electrons. The molecule has 4 saturated carbocycles. The van der Waals surface area contributed by atoms with Crippen LogP contribution in [0.5, 0.6) is 0 Å². The lowest BCUT2D eigenvalue weighted by Crippen LogP contribution is -2.51. The van der Waals surface area contributed by atoms with E-state index < -0.39 is 8.32 Å². The molecule has 8 atom stereocenters. The normalized spacial score (nSPS) is 50.5. The molecular formula is C27H46O2Si. The van der Waals surface area contributed by atoms with Crippen molar-refractivity contribution in [3.05, 3.63) is 11.6 Å². The second kappa shape index (κ2) is 6.47. The number of aliphatic hydroxyl groups excluding tert-OH is 1. The van der Waals surface area contributed by atoms with Gasteiger partial charge in [0.1, 0.15) is 0 Å². The van der Waals surface area contributed by atoms with E-state index in [1.807, 2.05) is 0 Å². The third kappa shape index (κ3) is 2.80. The molecule has 2 nitrogen and oxygen atoms in total. The van der Waals surface area contributed by atoms with E-state index in [1.165, 1.54) is 44.9 Å². The summed E-state index contributed by atoms with van der Waals surface area (Å²) < 4.78 is 7.02. The Morgan fingerprint density at radius 1 is 1.03 bits per heavy atom. The first kappa shape index (κ1) is 21.7. The number of hydrogen-bond acceptors (Lipinski definition) is 2. The fraction of sp³-hybridized carbons (Fsp3) is 0.926. The van der Waals surface area contributed by atoms with E-state index in [1.54, 1.807) is 5.57 Å². The van der Waals surface area contributed by atoms with Gasteiger partial charge in [-0.05, 0) is 105 Å². The van der Waals surface area contributed by atoms with E-state index in [-0.39, 0.29) is 6.10 Å². The number of allylic oxidation sites excluding steroid dienone is 1. The zero-order valence-corrected chi connectivity index (χ0v) is 21.7. The van der Waals surface area contributed by atoms with Crippen LogP contribution < -0.4 is 0 Å². The summed E-state index contributed by atoms with van der Waals surface area (Å²) in [6.45, 7) is 17.2. The first-order chi connectivity index (χ1) is 13.8. The zero-order valence-electron chi connectivity index (χ0n) is 20.7. The van der Waals surface area contributed by atoms with Crippen molar-refractivity contribution in [3.8, 4) is 0 Å². The lowest BCUT2D eigenvalue weighted by Gasteiger charge is -2.58. The molecule has 0 aromatic rings. The van der Waals surface area contributed by atoms with Crippen LogP contribution >= 0.6 is 0 Å². The largest absolute Gasteiger partial charge is 0.413 e. The molecule has 4 fully saturated rings. The Labute approximate surface area is 186 Å². The first-order valence-electron chi connectivity index (χ1n) is 12.9. The maximum absolute atomic E-state index is 10.3. The Kier molecular flexibility index (Phi) is 4.68. The Balaban J connectivity index is 1.38. The van der Waals surface area contributed by atoms with Crippen LogP contribution in [0.3, 0.4) is 0 Å². The monoisotopic (exact) mass is 430 g/mol. The number of aliphatic hydroxyl groups is 1. The van der Waals surface area contributed by atoms with Gasteiger partial charge < -0.3 is 9.53 Å². The fourth-order valence-electron chi connectivity index (χ4n) is 8.63. The van der Waals surface area contributed by atoms with Crippen LogP contribution in [-0.4, -0.2) is 25.6 Å². The van der Waals surface area contributed by atoms with Crippen molar-refractivity contribution in [3.63, 3.8) is 0 Å². The Morgan fingerprint density at radius 2 is 1.73 bits per heavy atom. The predicted molar refractivity (Wildman–Crippen MR) is 127 cm³/mol. The number of hydrogen-bond donors (Lipinski definition) is 1. The van der Waals surface area contributed by atoms with E-state index >= 15 is 0 Å². The molecule has 0 saturated heterocycles. The topological polar surface area (TPSA) is 29.5 Å². The van der Waals surface area contributed by atoms with Gasteiger partial charge in [-0.3, -0.25) is 0 Å². The molecule has 5 aliphatic rings. The zero-order chi connectivity index (χ0) is 21.7. The van der Waals surface area contributed by atoms with Gasteiger partial charge >= 0.3 is 0 Å². The van der Waals surface area contributed by atoms with Crippen LogP contribution in [-0.2, 0) is 4.43 Å². The van der Waals surface area contributed by atoms with Gasteiger partial charge in [0.05, 0.1) is 12.2 Å². The maximum atomic E-state index is 10.3. The first-order valence-corrected chi connectivity index (χ1v) is 15.8. The smallest absolute Gasteiger partial charge is 0.192 e. The molecule has 1 N–H and O–H groups in total. The third-order valence-corrected chi connectivity index (χ3v) is 16.2. The minimum Gasteiger partial charge on any atom is -0.413 e. The average molecular weight is 431 g/mol. The van der Waals surface area contributed by atoms with Crippen LogP contribution in [0.4, 0.5) is 0 Å². The summed E-state index contributed by atoms with van der Waals surface area (Å²) in [6, 6.07) is 0. The van der Waals surface area contributed by atoms with Crippen molar-refractivity contribution in [2.75, 3.05) is 0 Å². The summed E-state index contributed by atoms with van der Waals surface area (Å²) in [5, 5.41) is 10.6. The van der Waals surface area contributed by atoms with Gasteiger partial charge in [-0.25, -0.2) is 0 Å². The third-order valence-electron chi connectivity index (χ3n) is 11.8. The summed E-state index contributed by atoms with van der Waals surface area (Å²) in [5.41, 5.74) is 2.92.